The van der Waals surface area contributed by atoms with E-state index >= 15 is 0 Å². The number of hydrogen-bond donors (Lipinski definition) is 2. The maximum atomic E-state index is 13.3. The molecule has 0 saturated carbocycles. The lowest BCUT2D eigenvalue weighted by Crippen LogP contribution is -2.20. The highest BCUT2D eigenvalue weighted by atomic mass is 16.3. The van der Waals surface area contributed by atoms with E-state index in [0.29, 0.717) is 22.2 Å². The molecule has 3 aromatic carbocycles. The number of aromatic nitrogens is 3. The number of aryl methyl sites for hydroxylation is 2. The SMILES string of the molecule is Cc1ccc2c(c1)c(N=NC(=O)c1c(-c3ccccc3)c(-c3ccccc3)n[nH]c1=O)c(O)n2C. The van der Waals surface area contributed by atoms with Gasteiger partial charge in [-0.15, -0.1) is 10.2 Å². The Balaban J connectivity index is 1.68. The average molecular weight is 463 g/mol. The van der Waals surface area contributed by atoms with Crippen molar-refractivity contribution in [3.63, 3.8) is 0 Å². The summed E-state index contributed by atoms with van der Waals surface area (Å²) >= 11 is 0. The Hall–Kier alpha value is -4.85. The number of H-pyrrole nitrogens is 1. The largest absolute Gasteiger partial charge is 0.493 e. The van der Waals surface area contributed by atoms with E-state index in [4.69, 9.17) is 0 Å². The lowest BCUT2D eigenvalue weighted by atomic mass is 9.95. The fourth-order valence-electron chi connectivity index (χ4n) is 4.11. The third-order valence-corrected chi connectivity index (χ3v) is 5.85. The molecule has 2 heterocycles. The number of nitrogens with one attached hydrogen (secondary N) is 1. The van der Waals surface area contributed by atoms with E-state index in [1.807, 2.05) is 73.7 Å². The highest BCUT2D eigenvalue weighted by Crippen LogP contribution is 2.39. The van der Waals surface area contributed by atoms with Crippen molar-refractivity contribution in [1.82, 2.24) is 14.8 Å². The third kappa shape index (κ3) is 3.91. The number of carbonyl (C=O) groups is 1. The van der Waals surface area contributed by atoms with Crippen molar-refractivity contribution in [2.45, 2.75) is 6.92 Å². The molecule has 0 atom stereocenters. The first-order valence-corrected chi connectivity index (χ1v) is 10.9. The maximum Gasteiger partial charge on any atom is 0.301 e. The molecule has 8 heteroatoms. The molecule has 0 unspecified atom stereocenters. The first-order valence-electron chi connectivity index (χ1n) is 10.9. The van der Waals surface area contributed by atoms with Gasteiger partial charge in [-0.3, -0.25) is 9.59 Å². The molecular formula is C27H21N5O3. The smallest absolute Gasteiger partial charge is 0.301 e. The Morgan fingerprint density at radius 2 is 1.63 bits per heavy atom. The molecular weight excluding hydrogens is 442 g/mol. The topological polar surface area (TPSA) is 113 Å². The quantitative estimate of drug-likeness (QED) is 0.341. The van der Waals surface area contributed by atoms with E-state index in [-0.39, 0.29) is 17.1 Å². The van der Waals surface area contributed by atoms with Crippen LogP contribution in [0.1, 0.15) is 15.9 Å². The predicted octanol–water partition coefficient (Wildman–Crippen LogP) is 5.53. The second-order valence-electron chi connectivity index (χ2n) is 8.14. The number of fused-ring (bicyclic) bond motifs is 1. The monoisotopic (exact) mass is 463 g/mol. The second-order valence-corrected chi connectivity index (χ2v) is 8.14. The van der Waals surface area contributed by atoms with Gasteiger partial charge in [-0.25, -0.2) is 5.10 Å². The molecule has 0 radical (unpaired) electrons. The van der Waals surface area contributed by atoms with Crippen LogP contribution in [0.25, 0.3) is 33.3 Å². The van der Waals surface area contributed by atoms with Crippen molar-refractivity contribution in [2.24, 2.45) is 17.3 Å². The summed E-state index contributed by atoms with van der Waals surface area (Å²) in [6.07, 6.45) is 0. The molecule has 0 bridgehead atoms. The number of amides is 1. The van der Waals surface area contributed by atoms with Gasteiger partial charge in [0.2, 0.25) is 5.88 Å². The standard InChI is InChI=1S/C27H21N5O3/c1-16-13-14-20-19(15-16)24(27(35)32(20)2)29-31-26(34)22-21(17-9-5-3-6-10-17)23(28-30-25(22)33)18-11-7-4-8-12-18/h3-15,35H,1-2H3,(H,30,33). The molecule has 5 aromatic rings. The highest BCUT2D eigenvalue weighted by Gasteiger charge is 2.23. The lowest BCUT2D eigenvalue weighted by molar-refractivity contribution is 0.0994. The lowest BCUT2D eigenvalue weighted by Gasteiger charge is -2.11. The van der Waals surface area contributed by atoms with Gasteiger partial charge in [-0.1, -0.05) is 72.3 Å². The number of aromatic hydroxyl groups is 1. The minimum absolute atomic E-state index is 0.126. The van der Waals surface area contributed by atoms with Crippen molar-refractivity contribution >= 4 is 22.5 Å². The van der Waals surface area contributed by atoms with Gasteiger partial charge >= 0.3 is 5.91 Å². The van der Waals surface area contributed by atoms with Gasteiger partial charge in [-0.2, -0.15) is 5.10 Å². The van der Waals surface area contributed by atoms with Crippen LogP contribution in [-0.4, -0.2) is 25.8 Å². The zero-order valence-electron chi connectivity index (χ0n) is 19.1. The van der Waals surface area contributed by atoms with E-state index < -0.39 is 11.5 Å². The maximum absolute atomic E-state index is 13.3. The Bertz CT molecular complexity index is 1650. The van der Waals surface area contributed by atoms with E-state index in [0.717, 1.165) is 16.6 Å². The number of benzene rings is 3. The minimum Gasteiger partial charge on any atom is -0.493 e. The summed E-state index contributed by atoms with van der Waals surface area (Å²) in [5.41, 5.74) is 3.21. The number of nitrogens with zero attached hydrogens (tertiary/aromatic N) is 4. The van der Waals surface area contributed by atoms with Crippen LogP contribution >= 0.6 is 0 Å². The molecule has 0 aliphatic rings. The summed E-state index contributed by atoms with van der Waals surface area (Å²) in [4.78, 5) is 26.2. The van der Waals surface area contributed by atoms with Crippen LogP contribution in [0, 0.1) is 6.92 Å². The molecule has 35 heavy (non-hydrogen) atoms. The van der Waals surface area contributed by atoms with E-state index in [9.17, 15) is 14.7 Å². The summed E-state index contributed by atoms with van der Waals surface area (Å²) in [6.45, 7) is 1.92. The first-order chi connectivity index (χ1) is 17.0. The molecule has 0 spiro atoms. The van der Waals surface area contributed by atoms with Gasteiger partial charge in [0.05, 0.1) is 11.2 Å². The van der Waals surface area contributed by atoms with Crippen molar-refractivity contribution < 1.29 is 9.90 Å². The van der Waals surface area contributed by atoms with Crippen LogP contribution in [0.4, 0.5) is 5.69 Å². The zero-order chi connectivity index (χ0) is 24.5. The molecule has 8 nitrogen and oxygen atoms in total. The van der Waals surface area contributed by atoms with Crippen LogP contribution in [0.2, 0.25) is 0 Å². The number of aromatic amines is 1. The zero-order valence-corrected chi connectivity index (χ0v) is 19.1. The first kappa shape index (κ1) is 22.0. The molecule has 0 aliphatic carbocycles. The molecule has 0 fully saturated rings. The fourth-order valence-corrected chi connectivity index (χ4v) is 4.11. The van der Waals surface area contributed by atoms with Crippen molar-refractivity contribution in [3.8, 4) is 28.3 Å². The van der Waals surface area contributed by atoms with Crippen molar-refractivity contribution in [1.29, 1.82) is 0 Å². The summed E-state index contributed by atoms with van der Waals surface area (Å²) in [6, 6.07) is 24.0. The highest BCUT2D eigenvalue weighted by molar-refractivity contribution is 6.04. The van der Waals surface area contributed by atoms with Gasteiger partial charge in [-0.05, 0) is 24.6 Å². The summed E-state index contributed by atoms with van der Waals surface area (Å²) in [5, 5.41) is 25.9. The number of carbonyl (C=O) groups excluding carboxylic acids is 1. The Morgan fingerprint density at radius 1 is 0.971 bits per heavy atom. The minimum atomic E-state index is -0.839. The van der Waals surface area contributed by atoms with E-state index in [1.54, 1.807) is 23.7 Å². The third-order valence-electron chi connectivity index (χ3n) is 5.85. The molecule has 1 amide bonds. The number of rotatable bonds is 4. The summed E-state index contributed by atoms with van der Waals surface area (Å²) < 4.78 is 1.57. The average Bonchev–Trinajstić information content (AvgIpc) is 3.11. The number of hydrogen-bond acceptors (Lipinski definition) is 5. The van der Waals surface area contributed by atoms with Crippen molar-refractivity contribution in [2.75, 3.05) is 0 Å². The number of azo groups is 1. The van der Waals surface area contributed by atoms with Crippen LogP contribution in [0.15, 0.2) is 93.9 Å². The van der Waals surface area contributed by atoms with Crippen LogP contribution in [0.3, 0.4) is 0 Å². The van der Waals surface area contributed by atoms with Gasteiger partial charge in [0, 0.05) is 23.6 Å². The fraction of sp³-hybridized carbons (Fsp3) is 0.0741. The van der Waals surface area contributed by atoms with Crippen LogP contribution in [0.5, 0.6) is 5.88 Å². The van der Waals surface area contributed by atoms with Crippen LogP contribution < -0.4 is 5.56 Å². The van der Waals surface area contributed by atoms with Gasteiger partial charge < -0.3 is 9.67 Å². The Morgan fingerprint density at radius 3 is 2.31 bits per heavy atom. The van der Waals surface area contributed by atoms with E-state index in [1.165, 1.54) is 0 Å². The molecule has 0 saturated heterocycles. The summed E-state index contributed by atoms with van der Waals surface area (Å²) in [5.74, 6) is -0.965. The Kier molecular flexibility index (Phi) is 5.54. The normalized spacial score (nSPS) is 11.4. The molecule has 2 aromatic heterocycles. The molecule has 172 valence electrons. The van der Waals surface area contributed by atoms with Crippen LogP contribution in [-0.2, 0) is 7.05 Å². The molecule has 2 N–H and O–H groups in total. The predicted molar refractivity (Wildman–Crippen MR) is 134 cm³/mol. The van der Waals surface area contributed by atoms with Gasteiger partial charge in [0.1, 0.15) is 5.56 Å². The summed E-state index contributed by atoms with van der Waals surface area (Å²) in [7, 11) is 1.70. The molecule has 5 rings (SSSR count). The second kappa shape index (κ2) is 8.83. The van der Waals surface area contributed by atoms with Gasteiger partial charge in [0.25, 0.3) is 5.56 Å². The Labute approximate surface area is 200 Å². The van der Waals surface area contributed by atoms with E-state index in [2.05, 4.69) is 20.4 Å². The molecule has 0 aliphatic heterocycles. The van der Waals surface area contributed by atoms with Gasteiger partial charge in [0.15, 0.2) is 5.69 Å². The van der Waals surface area contributed by atoms with Crippen molar-refractivity contribution in [3.05, 3.63) is 100 Å².